The van der Waals surface area contributed by atoms with Gasteiger partial charge in [-0.1, -0.05) is 27.3 Å². The predicted molar refractivity (Wildman–Crippen MR) is 75.1 cm³/mol. The van der Waals surface area contributed by atoms with E-state index >= 15 is 0 Å². The average molecular weight is 362 g/mol. The van der Waals surface area contributed by atoms with Gasteiger partial charge in [0.2, 0.25) is 19.3 Å². The zero-order chi connectivity index (χ0) is 14.0. The molecule has 9 heteroatoms. The second-order valence-corrected chi connectivity index (χ2v) is 7.69. The monoisotopic (exact) mass is 361 g/mol. The number of carbonyl (C=O) groups is 1. The Kier molecular flexibility index (Phi) is 3.97. The fourth-order valence-electron chi connectivity index (χ4n) is 1.18. The van der Waals surface area contributed by atoms with E-state index in [-0.39, 0.29) is 15.4 Å². The highest BCUT2D eigenvalue weighted by Gasteiger charge is 2.16. The van der Waals surface area contributed by atoms with Gasteiger partial charge in [0.15, 0.2) is 0 Å². The lowest BCUT2D eigenvalue weighted by molar-refractivity contribution is 0.102. The number of benzene rings is 1. The quantitative estimate of drug-likeness (QED) is 0.844. The van der Waals surface area contributed by atoms with Crippen molar-refractivity contribution in [3.8, 4) is 0 Å². The van der Waals surface area contributed by atoms with Gasteiger partial charge >= 0.3 is 0 Å². The van der Waals surface area contributed by atoms with Gasteiger partial charge in [-0.2, -0.15) is 0 Å². The fraction of sp³-hybridized carbons (Fsp3) is 0.100. The number of halogens is 1. The summed E-state index contributed by atoms with van der Waals surface area (Å²) in [7, 11) is -3.40. The molecule has 2 aromatic rings. The molecule has 2 rings (SSSR count). The molecule has 1 heterocycles. The number of anilines is 1. The van der Waals surface area contributed by atoms with E-state index in [2.05, 4.69) is 31.4 Å². The van der Waals surface area contributed by atoms with Crippen LogP contribution in [0.4, 0.5) is 5.13 Å². The van der Waals surface area contributed by atoms with E-state index in [9.17, 15) is 13.2 Å². The Morgan fingerprint density at radius 2 is 1.89 bits per heavy atom. The third kappa shape index (κ3) is 3.58. The van der Waals surface area contributed by atoms with Crippen LogP contribution in [0.3, 0.4) is 0 Å². The number of amides is 1. The smallest absolute Gasteiger partial charge is 0.257 e. The summed E-state index contributed by atoms with van der Waals surface area (Å²) in [6.45, 7) is 0. The molecule has 0 atom stereocenters. The van der Waals surface area contributed by atoms with Crippen molar-refractivity contribution in [3.63, 3.8) is 0 Å². The Morgan fingerprint density at radius 1 is 1.26 bits per heavy atom. The molecular weight excluding hydrogens is 354 g/mol. The number of hydrogen-bond donors (Lipinski definition) is 1. The molecule has 0 bridgehead atoms. The summed E-state index contributed by atoms with van der Waals surface area (Å²) in [5.41, 5.74) is 0.444. The third-order valence-electron chi connectivity index (χ3n) is 2.05. The Hall–Kier alpha value is -1.32. The van der Waals surface area contributed by atoms with Crippen molar-refractivity contribution in [1.82, 2.24) is 10.2 Å². The molecule has 1 amide bonds. The summed E-state index contributed by atoms with van der Waals surface area (Å²) < 4.78 is 23.2. The van der Waals surface area contributed by atoms with Gasteiger partial charge < -0.3 is 0 Å². The molecule has 0 unspecified atom stereocenters. The van der Waals surface area contributed by atoms with Gasteiger partial charge in [0.1, 0.15) is 0 Å². The molecular formula is C10H8BrN3O3S2. The van der Waals surface area contributed by atoms with Crippen molar-refractivity contribution < 1.29 is 13.2 Å². The van der Waals surface area contributed by atoms with Crippen LogP contribution in [0, 0.1) is 0 Å². The van der Waals surface area contributed by atoms with E-state index in [4.69, 9.17) is 0 Å². The fourth-order valence-corrected chi connectivity index (χ4v) is 2.95. The minimum atomic E-state index is -3.40. The van der Waals surface area contributed by atoms with E-state index < -0.39 is 9.84 Å². The third-order valence-corrected chi connectivity index (χ3v) is 5.09. The van der Waals surface area contributed by atoms with Crippen LogP contribution < -0.4 is 5.32 Å². The minimum absolute atomic E-state index is 0.126. The van der Waals surface area contributed by atoms with Crippen LogP contribution in [-0.2, 0) is 9.84 Å². The molecule has 1 N–H and O–H groups in total. The van der Waals surface area contributed by atoms with Gasteiger partial charge in [-0.25, -0.2) is 8.42 Å². The van der Waals surface area contributed by atoms with Crippen LogP contribution in [0.15, 0.2) is 33.1 Å². The second-order valence-electron chi connectivity index (χ2n) is 3.61. The highest BCUT2D eigenvalue weighted by Crippen LogP contribution is 2.20. The SMILES string of the molecule is CS(=O)(=O)c1nnc(NC(=O)c2ccc(Br)cc2)s1. The first-order valence-electron chi connectivity index (χ1n) is 4.97. The standard InChI is InChI=1S/C10H8BrN3O3S2/c1-19(16,17)10-14-13-9(18-10)12-8(15)6-2-4-7(11)5-3-6/h2-5H,1H3,(H,12,13,15). The number of hydrogen-bond acceptors (Lipinski definition) is 6. The maximum Gasteiger partial charge on any atom is 0.257 e. The average Bonchev–Trinajstić information content (AvgIpc) is 2.78. The summed E-state index contributed by atoms with van der Waals surface area (Å²) >= 11 is 4.08. The van der Waals surface area contributed by atoms with Crippen LogP contribution in [0.2, 0.25) is 0 Å². The molecule has 0 aliphatic heterocycles. The lowest BCUT2D eigenvalue weighted by atomic mass is 10.2. The largest absolute Gasteiger partial charge is 0.296 e. The Bertz CT molecular complexity index is 710. The van der Waals surface area contributed by atoms with Gasteiger partial charge in [-0.05, 0) is 24.3 Å². The lowest BCUT2D eigenvalue weighted by Gasteiger charge is -2.00. The molecule has 0 aliphatic carbocycles. The van der Waals surface area contributed by atoms with Crippen LogP contribution in [0.5, 0.6) is 0 Å². The van der Waals surface area contributed by atoms with E-state index in [1.165, 1.54) is 0 Å². The number of sulfone groups is 1. The van der Waals surface area contributed by atoms with Gasteiger partial charge in [-0.3, -0.25) is 10.1 Å². The first-order chi connectivity index (χ1) is 8.86. The van der Waals surface area contributed by atoms with E-state index in [0.29, 0.717) is 5.56 Å². The molecule has 19 heavy (non-hydrogen) atoms. The number of carbonyl (C=O) groups excluding carboxylic acids is 1. The zero-order valence-corrected chi connectivity index (χ0v) is 12.8. The molecule has 0 spiro atoms. The minimum Gasteiger partial charge on any atom is -0.296 e. The van der Waals surface area contributed by atoms with Crippen molar-refractivity contribution in [2.24, 2.45) is 0 Å². The van der Waals surface area contributed by atoms with Crippen molar-refractivity contribution in [3.05, 3.63) is 34.3 Å². The highest BCUT2D eigenvalue weighted by atomic mass is 79.9. The van der Waals surface area contributed by atoms with Crippen molar-refractivity contribution in [2.45, 2.75) is 4.34 Å². The molecule has 0 radical (unpaired) electrons. The molecule has 1 aromatic carbocycles. The molecule has 1 aromatic heterocycles. The maximum atomic E-state index is 11.8. The lowest BCUT2D eigenvalue weighted by Crippen LogP contribution is -2.11. The summed E-state index contributed by atoms with van der Waals surface area (Å²) in [5, 5.41) is 9.76. The van der Waals surface area contributed by atoms with Crippen LogP contribution in [0.1, 0.15) is 10.4 Å². The van der Waals surface area contributed by atoms with Gasteiger partial charge in [0.05, 0.1) is 0 Å². The summed E-state index contributed by atoms with van der Waals surface area (Å²) in [4.78, 5) is 11.8. The van der Waals surface area contributed by atoms with Gasteiger partial charge in [-0.15, -0.1) is 10.2 Å². The first kappa shape index (κ1) is 14.1. The molecule has 0 saturated heterocycles. The van der Waals surface area contributed by atoms with E-state index in [0.717, 1.165) is 22.1 Å². The molecule has 6 nitrogen and oxygen atoms in total. The molecule has 0 aliphatic rings. The second kappa shape index (κ2) is 5.35. The Labute approximate surface area is 121 Å². The van der Waals surface area contributed by atoms with Crippen molar-refractivity contribution in [1.29, 1.82) is 0 Å². The Balaban J connectivity index is 2.15. The predicted octanol–water partition coefficient (Wildman–Crippen LogP) is 1.96. The molecule has 100 valence electrons. The number of rotatable bonds is 3. The summed E-state index contributed by atoms with van der Waals surface area (Å²) in [6, 6.07) is 6.74. The van der Waals surface area contributed by atoms with Crippen LogP contribution in [0.25, 0.3) is 0 Å². The zero-order valence-electron chi connectivity index (χ0n) is 9.62. The number of aromatic nitrogens is 2. The van der Waals surface area contributed by atoms with Crippen molar-refractivity contribution >= 4 is 48.1 Å². The highest BCUT2D eigenvalue weighted by molar-refractivity contribution is 9.10. The van der Waals surface area contributed by atoms with Crippen LogP contribution in [-0.4, -0.2) is 30.8 Å². The van der Waals surface area contributed by atoms with Crippen molar-refractivity contribution in [2.75, 3.05) is 11.6 Å². The number of nitrogens with zero attached hydrogens (tertiary/aromatic N) is 2. The summed E-state index contributed by atoms with van der Waals surface area (Å²) in [5.74, 6) is -0.372. The Morgan fingerprint density at radius 3 is 2.42 bits per heavy atom. The topological polar surface area (TPSA) is 89.0 Å². The first-order valence-corrected chi connectivity index (χ1v) is 8.47. The van der Waals surface area contributed by atoms with Crippen LogP contribution >= 0.6 is 27.3 Å². The summed E-state index contributed by atoms with van der Waals surface area (Å²) in [6.07, 6.45) is 1.04. The van der Waals surface area contributed by atoms with E-state index in [1.54, 1.807) is 24.3 Å². The van der Waals surface area contributed by atoms with Gasteiger partial charge in [0.25, 0.3) is 5.91 Å². The van der Waals surface area contributed by atoms with E-state index in [1.807, 2.05) is 0 Å². The molecule has 0 saturated carbocycles. The normalized spacial score (nSPS) is 11.3. The molecule has 0 fully saturated rings. The maximum absolute atomic E-state index is 11.8. The van der Waals surface area contributed by atoms with Gasteiger partial charge in [0, 0.05) is 16.3 Å². The number of nitrogens with one attached hydrogen (secondary N) is 1.